The van der Waals surface area contributed by atoms with Crippen molar-refractivity contribution in [3.63, 3.8) is 0 Å². The van der Waals surface area contributed by atoms with E-state index in [2.05, 4.69) is 43.4 Å². The van der Waals surface area contributed by atoms with Crippen LogP contribution in [-0.2, 0) is 11.2 Å². The Kier molecular flexibility index (Phi) is 4.97. The van der Waals surface area contributed by atoms with E-state index in [0.717, 1.165) is 25.9 Å². The highest BCUT2D eigenvalue weighted by molar-refractivity contribution is 5.76. The van der Waals surface area contributed by atoms with Crippen molar-refractivity contribution < 1.29 is 4.79 Å². The number of hydrogen-bond donors (Lipinski definition) is 1. The quantitative estimate of drug-likeness (QED) is 0.900. The van der Waals surface area contributed by atoms with E-state index in [1.807, 2.05) is 11.0 Å². The van der Waals surface area contributed by atoms with Gasteiger partial charge < -0.3 is 10.2 Å². The Morgan fingerprint density at radius 3 is 2.79 bits per heavy atom. The number of amides is 1. The van der Waals surface area contributed by atoms with Crippen LogP contribution in [0, 0.1) is 0 Å². The lowest BCUT2D eigenvalue weighted by Gasteiger charge is -2.38. The molecule has 0 saturated carbocycles. The lowest BCUT2D eigenvalue weighted by Crippen LogP contribution is -2.57. The summed E-state index contributed by atoms with van der Waals surface area (Å²) in [5.74, 6) is 0.303. The molecule has 1 aliphatic rings. The van der Waals surface area contributed by atoms with Crippen LogP contribution in [0.5, 0.6) is 0 Å². The Hall–Kier alpha value is -1.35. The number of carbonyl (C=O) groups is 1. The smallest absolute Gasteiger partial charge is 0.222 e. The number of nitrogens with zero attached hydrogens (tertiary/aromatic N) is 1. The lowest BCUT2D eigenvalue weighted by molar-refractivity contribution is -0.134. The molecule has 0 radical (unpaired) electrons. The van der Waals surface area contributed by atoms with Crippen molar-refractivity contribution >= 4 is 5.91 Å². The maximum atomic E-state index is 12.2. The first-order chi connectivity index (χ1) is 9.18. The van der Waals surface area contributed by atoms with Gasteiger partial charge in [-0.15, -0.1) is 0 Å². The number of nitrogens with one attached hydrogen (secondary N) is 1. The van der Waals surface area contributed by atoms with E-state index in [9.17, 15) is 4.79 Å². The average molecular weight is 260 g/mol. The minimum Gasteiger partial charge on any atom is -0.337 e. The monoisotopic (exact) mass is 260 g/mol. The molecular formula is C16H24N2O. The molecule has 1 heterocycles. The molecule has 2 unspecified atom stereocenters. The van der Waals surface area contributed by atoms with Crippen molar-refractivity contribution in [2.24, 2.45) is 0 Å². The molecule has 3 heteroatoms. The van der Waals surface area contributed by atoms with Gasteiger partial charge in [0.25, 0.3) is 0 Å². The normalized spacial score (nSPS) is 23.4. The molecule has 1 saturated heterocycles. The summed E-state index contributed by atoms with van der Waals surface area (Å²) < 4.78 is 0. The summed E-state index contributed by atoms with van der Waals surface area (Å²) in [6, 6.07) is 11.1. The van der Waals surface area contributed by atoms with Crippen molar-refractivity contribution in [2.75, 3.05) is 13.1 Å². The molecule has 1 N–H and O–H groups in total. The molecule has 2 atom stereocenters. The second-order valence-electron chi connectivity index (χ2n) is 5.41. The summed E-state index contributed by atoms with van der Waals surface area (Å²) in [6.45, 7) is 6.03. The van der Waals surface area contributed by atoms with Gasteiger partial charge in [-0.1, -0.05) is 30.3 Å². The molecular weight excluding hydrogens is 236 g/mol. The molecule has 1 fully saturated rings. The van der Waals surface area contributed by atoms with Gasteiger partial charge in [0.15, 0.2) is 0 Å². The SMILES string of the molecule is CC1NCCN(C(=O)CCCc2ccccc2)C1C. The van der Waals surface area contributed by atoms with Crippen LogP contribution in [0.2, 0.25) is 0 Å². The molecule has 0 spiro atoms. The number of hydrogen-bond acceptors (Lipinski definition) is 2. The summed E-state index contributed by atoms with van der Waals surface area (Å²) >= 11 is 0. The van der Waals surface area contributed by atoms with Gasteiger partial charge in [0.2, 0.25) is 5.91 Å². The summed E-state index contributed by atoms with van der Waals surface area (Å²) in [5.41, 5.74) is 1.32. The fourth-order valence-electron chi connectivity index (χ4n) is 2.64. The average Bonchev–Trinajstić information content (AvgIpc) is 2.43. The van der Waals surface area contributed by atoms with Crippen LogP contribution in [0.1, 0.15) is 32.3 Å². The maximum Gasteiger partial charge on any atom is 0.222 e. The van der Waals surface area contributed by atoms with Crippen molar-refractivity contribution in [3.8, 4) is 0 Å². The predicted molar refractivity (Wildman–Crippen MR) is 78.0 cm³/mol. The predicted octanol–water partition coefficient (Wildman–Crippen LogP) is 2.22. The molecule has 0 bridgehead atoms. The number of aryl methyl sites for hydroxylation is 1. The number of rotatable bonds is 4. The standard InChI is InChI=1S/C16H24N2O/c1-13-14(2)18(12-11-17-13)16(19)10-6-9-15-7-4-3-5-8-15/h3-5,7-8,13-14,17H,6,9-12H2,1-2H3. The third-order valence-corrected chi connectivity index (χ3v) is 4.05. The lowest BCUT2D eigenvalue weighted by atomic mass is 10.0. The van der Waals surface area contributed by atoms with Gasteiger partial charge in [-0.3, -0.25) is 4.79 Å². The Morgan fingerprint density at radius 1 is 1.32 bits per heavy atom. The highest BCUT2D eigenvalue weighted by Crippen LogP contribution is 2.12. The van der Waals surface area contributed by atoms with Crippen LogP contribution in [0.4, 0.5) is 0 Å². The zero-order valence-corrected chi connectivity index (χ0v) is 11.9. The molecule has 0 aromatic heterocycles. The molecule has 19 heavy (non-hydrogen) atoms. The fourth-order valence-corrected chi connectivity index (χ4v) is 2.64. The minimum absolute atomic E-state index is 0.303. The highest BCUT2D eigenvalue weighted by Gasteiger charge is 2.27. The molecule has 1 amide bonds. The molecule has 1 aliphatic heterocycles. The van der Waals surface area contributed by atoms with Crippen LogP contribution in [0.3, 0.4) is 0 Å². The van der Waals surface area contributed by atoms with Crippen molar-refractivity contribution in [1.29, 1.82) is 0 Å². The topological polar surface area (TPSA) is 32.3 Å². The molecule has 104 valence electrons. The summed E-state index contributed by atoms with van der Waals surface area (Å²) in [5, 5.41) is 3.40. The van der Waals surface area contributed by atoms with E-state index < -0.39 is 0 Å². The minimum atomic E-state index is 0.303. The summed E-state index contributed by atoms with van der Waals surface area (Å²) in [6.07, 6.45) is 2.59. The van der Waals surface area contributed by atoms with Crippen LogP contribution < -0.4 is 5.32 Å². The Morgan fingerprint density at radius 2 is 2.05 bits per heavy atom. The van der Waals surface area contributed by atoms with Gasteiger partial charge in [-0.05, 0) is 32.3 Å². The molecule has 1 aromatic carbocycles. The van der Waals surface area contributed by atoms with E-state index in [1.165, 1.54) is 5.56 Å². The van der Waals surface area contributed by atoms with Crippen LogP contribution in [-0.4, -0.2) is 36.0 Å². The summed E-state index contributed by atoms with van der Waals surface area (Å²) in [4.78, 5) is 14.3. The third kappa shape index (κ3) is 3.80. The second kappa shape index (κ2) is 6.71. The van der Waals surface area contributed by atoms with E-state index in [0.29, 0.717) is 24.4 Å². The van der Waals surface area contributed by atoms with E-state index in [4.69, 9.17) is 0 Å². The largest absolute Gasteiger partial charge is 0.337 e. The Balaban J connectivity index is 1.78. The first kappa shape index (κ1) is 14.1. The van der Waals surface area contributed by atoms with E-state index in [1.54, 1.807) is 0 Å². The van der Waals surface area contributed by atoms with Crippen molar-refractivity contribution in [2.45, 2.75) is 45.2 Å². The van der Waals surface area contributed by atoms with Gasteiger partial charge in [0, 0.05) is 31.6 Å². The van der Waals surface area contributed by atoms with Gasteiger partial charge in [0.05, 0.1) is 0 Å². The van der Waals surface area contributed by atoms with E-state index >= 15 is 0 Å². The molecule has 0 aliphatic carbocycles. The third-order valence-electron chi connectivity index (χ3n) is 4.05. The number of piperazine rings is 1. The number of carbonyl (C=O) groups excluding carboxylic acids is 1. The van der Waals surface area contributed by atoms with Gasteiger partial charge in [0.1, 0.15) is 0 Å². The fraction of sp³-hybridized carbons (Fsp3) is 0.562. The molecule has 1 aromatic rings. The zero-order valence-electron chi connectivity index (χ0n) is 11.9. The van der Waals surface area contributed by atoms with Crippen LogP contribution >= 0.6 is 0 Å². The van der Waals surface area contributed by atoms with Crippen molar-refractivity contribution in [1.82, 2.24) is 10.2 Å². The van der Waals surface area contributed by atoms with Crippen LogP contribution in [0.15, 0.2) is 30.3 Å². The zero-order chi connectivity index (χ0) is 13.7. The highest BCUT2D eigenvalue weighted by atomic mass is 16.2. The number of benzene rings is 1. The molecule has 3 nitrogen and oxygen atoms in total. The first-order valence-electron chi connectivity index (χ1n) is 7.25. The second-order valence-corrected chi connectivity index (χ2v) is 5.41. The first-order valence-corrected chi connectivity index (χ1v) is 7.25. The van der Waals surface area contributed by atoms with Gasteiger partial charge in [-0.2, -0.15) is 0 Å². The summed E-state index contributed by atoms with van der Waals surface area (Å²) in [7, 11) is 0. The van der Waals surface area contributed by atoms with Gasteiger partial charge >= 0.3 is 0 Å². The van der Waals surface area contributed by atoms with Crippen molar-refractivity contribution in [3.05, 3.63) is 35.9 Å². The van der Waals surface area contributed by atoms with Crippen LogP contribution in [0.25, 0.3) is 0 Å². The maximum absolute atomic E-state index is 12.2. The van der Waals surface area contributed by atoms with Gasteiger partial charge in [-0.25, -0.2) is 0 Å². The Labute approximate surface area is 116 Å². The Bertz CT molecular complexity index is 404. The van der Waals surface area contributed by atoms with E-state index in [-0.39, 0.29) is 0 Å². The molecule has 2 rings (SSSR count).